The van der Waals surface area contributed by atoms with Crippen molar-refractivity contribution in [3.63, 3.8) is 0 Å². The van der Waals surface area contributed by atoms with Gasteiger partial charge in [0.15, 0.2) is 0 Å². The number of esters is 1. The van der Waals surface area contributed by atoms with Gasteiger partial charge in [-0.2, -0.15) is 0 Å². The van der Waals surface area contributed by atoms with Crippen LogP contribution in [0.1, 0.15) is 48.0 Å². The van der Waals surface area contributed by atoms with Gasteiger partial charge in [0.1, 0.15) is 5.60 Å². The summed E-state index contributed by atoms with van der Waals surface area (Å²) in [5.74, 6) is -0.463. The molecule has 0 atom stereocenters. The average molecular weight is 244 g/mol. The lowest BCUT2D eigenvalue weighted by atomic mass is 10.0. The second-order valence-electron chi connectivity index (χ2n) is 4.99. The summed E-state index contributed by atoms with van der Waals surface area (Å²) in [5.41, 5.74) is -1.06. The molecule has 100 valence electrons. The molecule has 0 aromatic heterocycles. The molecule has 0 heterocycles. The highest BCUT2D eigenvalue weighted by Gasteiger charge is 2.32. The molecule has 0 bridgehead atoms. The standard InChI is InChI=1S/C13H24O4/c1-8-12(4,5)16-17-13(6,7)10(3)11(14)15-9-2/h3,8-9H2,1-2,4-7H3. The molecule has 17 heavy (non-hydrogen) atoms. The fourth-order valence-corrected chi connectivity index (χ4v) is 0.790. The number of hydrogen-bond donors (Lipinski definition) is 0. The van der Waals surface area contributed by atoms with E-state index < -0.39 is 17.2 Å². The molecule has 0 N–H and O–H groups in total. The highest BCUT2D eigenvalue weighted by Crippen LogP contribution is 2.25. The van der Waals surface area contributed by atoms with E-state index in [1.165, 1.54) is 0 Å². The molecule has 0 radical (unpaired) electrons. The van der Waals surface area contributed by atoms with Crippen LogP contribution in [0.2, 0.25) is 0 Å². The van der Waals surface area contributed by atoms with Crippen molar-refractivity contribution in [2.45, 2.75) is 59.2 Å². The van der Waals surface area contributed by atoms with Gasteiger partial charge < -0.3 is 4.74 Å². The third kappa shape index (κ3) is 5.33. The normalized spacial score (nSPS) is 12.4. The van der Waals surface area contributed by atoms with Crippen molar-refractivity contribution in [2.75, 3.05) is 6.61 Å². The monoisotopic (exact) mass is 244 g/mol. The highest BCUT2D eigenvalue weighted by molar-refractivity contribution is 5.89. The van der Waals surface area contributed by atoms with E-state index >= 15 is 0 Å². The van der Waals surface area contributed by atoms with Gasteiger partial charge in [0.2, 0.25) is 0 Å². The van der Waals surface area contributed by atoms with Crippen molar-refractivity contribution >= 4 is 5.97 Å². The van der Waals surface area contributed by atoms with Gasteiger partial charge in [0, 0.05) is 0 Å². The first-order chi connectivity index (χ1) is 7.66. The van der Waals surface area contributed by atoms with Crippen LogP contribution in [0, 0.1) is 0 Å². The first kappa shape index (κ1) is 16.1. The Balaban J connectivity index is 4.47. The SMILES string of the molecule is C=C(C(=O)OCC)C(C)(C)OOC(C)(C)CC. The third-order valence-electron chi connectivity index (χ3n) is 2.58. The average Bonchev–Trinajstić information content (AvgIpc) is 2.26. The van der Waals surface area contributed by atoms with Crippen LogP contribution in [0.4, 0.5) is 0 Å². The van der Waals surface area contributed by atoms with Crippen molar-refractivity contribution in [2.24, 2.45) is 0 Å². The number of ether oxygens (including phenoxy) is 1. The van der Waals surface area contributed by atoms with E-state index in [9.17, 15) is 4.79 Å². The third-order valence-corrected chi connectivity index (χ3v) is 2.58. The number of rotatable bonds is 7. The van der Waals surface area contributed by atoms with Crippen LogP contribution in [-0.4, -0.2) is 23.8 Å². The molecule has 4 nitrogen and oxygen atoms in total. The summed E-state index contributed by atoms with van der Waals surface area (Å²) in [7, 11) is 0. The Morgan fingerprint density at radius 1 is 1.12 bits per heavy atom. The molecule has 0 spiro atoms. The van der Waals surface area contributed by atoms with Gasteiger partial charge >= 0.3 is 5.97 Å². The summed E-state index contributed by atoms with van der Waals surface area (Å²) >= 11 is 0. The van der Waals surface area contributed by atoms with Crippen LogP contribution in [0.15, 0.2) is 12.2 Å². The van der Waals surface area contributed by atoms with E-state index in [1.807, 2.05) is 20.8 Å². The summed E-state index contributed by atoms with van der Waals surface area (Å²) in [6.07, 6.45) is 0.801. The second-order valence-corrected chi connectivity index (χ2v) is 4.99. The van der Waals surface area contributed by atoms with E-state index in [-0.39, 0.29) is 5.57 Å². The fourth-order valence-electron chi connectivity index (χ4n) is 0.790. The molecular weight excluding hydrogens is 220 g/mol. The van der Waals surface area contributed by atoms with Crippen LogP contribution in [0.5, 0.6) is 0 Å². The van der Waals surface area contributed by atoms with Gasteiger partial charge in [-0.25, -0.2) is 14.6 Å². The summed E-state index contributed by atoms with van der Waals surface area (Å²) in [4.78, 5) is 22.2. The zero-order valence-electron chi connectivity index (χ0n) is 11.8. The van der Waals surface area contributed by atoms with Gasteiger partial charge in [0.05, 0.1) is 17.8 Å². The molecule has 0 unspecified atom stereocenters. The van der Waals surface area contributed by atoms with Crippen LogP contribution >= 0.6 is 0 Å². The van der Waals surface area contributed by atoms with Crippen molar-refractivity contribution in [3.05, 3.63) is 12.2 Å². The maximum Gasteiger partial charge on any atom is 0.336 e. The predicted octanol–water partition coefficient (Wildman–Crippen LogP) is 3.02. The quantitative estimate of drug-likeness (QED) is 0.299. The Morgan fingerprint density at radius 2 is 1.65 bits per heavy atom. The van der Waals surface area contributed by atoms with Crippen molar-refractivity contribution < 1.29 is 19.3 Å². The van der Waals surface area contributed by atoms with Crippen LogP contribution in [0.25, 0.3) is 0 Å². The minimum Gasteiger partial charge on any atom is -0.463 e. The Morgan fingerprint density at radius 3 is 2.06 bits per heavy atom. The molecule has 0 aliphatic heterocycles. The summed E-state index contributed by atoms with van der Waals surface area (Å²) in [5, 5.41) is 0. The molecule has 0 amide bonds. The topological polar surface area (TPSA) is 44.8 Å². The van der Waals surface area contributed by atoms with Crippen molar-refractivity contribution in [3.8, 4) is 0 Å². The number of hydrogen-bond acceptors (Lipinski definition) is 4. The summed E-state index contributed by atoms with van der Waals surface area (Å²) in [6.45, 7) is 15.0. The van der Waals surface area contributed by atoms with E-state index in [4.69, 9.17) is 14.5 Å². The Hall–Kier alpha value is -0.870. The Bertz CT molecular complexity index is 279. The van der Waals surface area contributed by atoms with E-state index in [2.05, 4.69) is 6.58 Å². The van der Waals surface area contributed by atoms with E-state index in [0.29, 0.717) is 6.61 Å². The molecule has 0 aliphatic carbocycles. The molecular formula is C13H24O4. The lowest BCUT2D eigenvalue weighted by Gasteiger charge is -2.30. The largest absolute Gasteiger partial charge is 0.463 e. The molecule has 0 aromatic carbocycles. The second kappa shape index (κ2) is 6.17. The molecule has 0 saturated carbocycles. The smallest absolute Gasteiger partial charge is 0.336 e. The Labute approximate surface area is 104 Å². The zero-order chi connectivity index (χ0) is 13.7. The first-order valence-corrected chi connectivity index (χ1v) is 5.89. The van der Waals surface area contributed by atoms with Crippen LogP contribution in [0.3, 0.4) is 0 Å². The number of carbonyl (C=O) groups excluding carboxylic acids is 1. The highest BCUT2D eigenvalue weighted by atomic mass is 17.2. The summed E-state index contributed by atoms with van der Waals surface area (Å²) < 4.78 is 4.87. The maximum absolute atomic E-state index is 11.5. The lowest BCUT2D eigenvalue weighted by molar-refractivity contribution is -0.392. The van der Waals surface area contributed by atoms with Gasteiger partial charge in [0.25, 0.3) is 0 Å². The number of carbonyl (C=O) groups is 1. The molecule has 0 saturated heterocycles. The molecule has 0 rings (SSSR count). The zero-order valence-corrected chi connectivity index (χ0v) is 11.8. The maximum atomic E-state index is 11.5. The van der Waals surface area contributed by atoms with Gasteiger partial charge in [-0.1, -0.05) is 13.5 Å². The molecule has 0 fully saturated rings. The molecule has 4 heteroatoms. The van der Waals surface area contributed by atoms with Crippen molar-refractivity contribution in [1.29, 1.82) is 0 Å². The summed E-state index contributed by atoms with van der Waals surface area (Å²) in [6, 6.07) is 0. The van der Waals surface area contributed by atoms with Crippen LogP contribution in [-0.2, 0) is 19.3 Å². The van der Waals surface area contributed by atoms with E-state index in [1.54, 1.807) is 20.8 Å². The molecule has 0 aliphatic rings. The predicted molar refractivity (Wildman–Crippen MR) is 66.4 cm³/mol. The Kier molecular flexibility index (Phi) is 5.85. The minimum atomic E-state index is -0.904. The van der Waals surface area contributed by atoms with Crippen molar-refractivity contribution in [1.82, 2.24) is 0 Å². The van der Waals surface area contributed by atoms with Gasteiger partial charge in [-0.3, -0.25) is 0 Å². The van der Waals surface area contributed by atoms with E-state index in [0.717, 1.165) is 6.42 Å². The van der Waals surface area contributed by atoms with Gasteiger partial charge in [-0.05, 0) is 41.0 Å². The fraction of sp³-hybridized carbons (Fsp3) is 0.769. The van der Waals surface area contributed by atoms with Gasteiger partial charge in [-0.15, -0.1) is 0 Å². The van der Waals surface area contributed by atoms with Crippen LogP contribution < -0.4 is 0 Å². The minimum absolute atomic E-state index is 0.242. The first-order valence-electron chi connectivity index (χ1n) is 5.89. The lowest BCUT2D eigenvalue weighted by Crippen LogP contribution is -2.36. The molecule has 0 aromatic rings.